The van der Waals surface area contributed by atoms with E-state index in [-0.39, 0.29) is 5.82 Å². The predicted molar refractivity (Wildman–Crippen MR) is 87.8 cm³/mol. The van der Waals surface area contributed by atoms with Crippen LogP contribution in [-0.2, 0) is 0 Å². The molecule has 0 saturated heterocycles. The van der Waals surface area contributed by atoms with Crippen LogP contribution >= 0.6 is 10.2 Å². The van der Waals surface area contributed by atoms with E-state index in [1.165, 1.54) is 38.2 Å². The fourth-order valence-corrected chi connectivity index (χ4v) is 3.57. The van der Waals surface area contributed by atoms with Crippen molar-refractivity contribution in [3.05, 3.63) is 17.9 Å². The van der Waals surface area contributed by atoms with E-state index in [9.17, 15) is 4.39 Å². The molecule has 1 fully saturated rings. The number of nitrogens with one attached hydrogen (secondary N) is 1. The van der Waals surface area contributed by atoms with Crippen LogP contribution in [0.5, 0.6) is 0 Å². The van der Waals surface area contributed by atoms with Crippen LogP contribution < -0.4 is 16.2 Å². The Bertz CT molecular complexity index is 442. The van der Waals surface area contributed by atoms with Crippen LogP contribution in [0, 0.1) is 11.7 Å². The van der Waals surface area contributed by atoms with Gasteiger partial charge in [-0.1, -0.05) is 19.3 Å². The zero-order chi connectivity index (χ0) is 14.8. The number of benzene rings is 1. The molecule has 1 aromatic carbocycles. The van der Waals surface area contributed by atoms with Crippen molar-refractivity contribution in [3.63, 3.8) is 0 Å². The first kappa shape index (κ1) is 15.4. The second-order valence-corrected chi connectivity index (χ2v) is 9.44. The van der Waals surface area contributed by atoms with E-state index >= 15 is 0 Å². The van der Waals surface area contributed by atoms with Crippen LogP contribution in [0.2, 0.25) is 0 Å². The van der Waals surface area contributed by atoms with Gasteiger partial charge in [-0.05, 0) is 43.4 Å². The molecular weight excluding hydrogens is 273 g/mol. The molecule has 114 valence electrons. The van der Waals surface area contributed by atoms with Crippen molar-refractivity contribution in [2.45, 2.75) is 37.0 Å². The molecule has 0 aliphatic heterocycles. The number of halogens is 1. The molecule has 1 aliphatic carbocycles. The molecule has 0 aromatic heterocycles. The van der Waals surface area contributed by atoms with E-state index in [1.807, 2.05) is 18.6 Å². The number of rotatable bonds is 4. The van der Waals surface area contributed by atoms with Crippen LogP contribution in [0.4, 0.5) is 15.8 Å². The molecule has 2 rings (SSSR count). The third kappa shape index (κ3) is 3.79. The Morgan fingerprint density at radius 2 is 1.90 bits per heavy atom. The molecule has 0 amide bonds. The summed E-state index contributed by atoms with van der Waals surface area (Å²) >= 11 is 0. The molecule has 3 nitrogen and oxygen atoms in total. The first-order valence-electron chi connectivity index (χ1n) is 7.22. The summed E-state index contributed by atoms with van der Waals surface area (Å²) in [6.45, 7) is 0.805. The van der Waals surface area contributed by atoms with Crippen LogP contribution in [0.25, 0.3) is 0 Å². The summed E-state index contributed by atoms with van der Waals surface area (Å²) in [5.74, 6) is 0.348. The Morgan fingerprint density at radius 1 is 1.25 bits per heavy atom. The van der Waals surface area contributed by atoms with E-state index < -0.39 is 10.2 Å². The summed E-state index contributed by atoms with van der Waals surface area (Å²) < 4.78 is 14.2. The average molecular weight is 299 g/mol. The Morgan fingerprint density at radius 3 is 2.45 bits per heavy atom. The molecule has 1 aliphatic rings. The highest BCUT2D eigenvalue weighted by molar-refractivity contribution is 8.30. The minimum atomic E-state index is -1.45. The fraction of sp³-hybridized carbons (Fsp3) is 0.600. The lowest BCUT2D eigenvalue weighted by Crippen LogP contribution is -2.18. The van der Waals surface area contributed by atoms with Crippen LogP contribution in [0.15, 0.2) is 17.0 Å². The van der Waals surface area contributed by atoms with Crippen LogP contribution in [0.1, 0.15) is 32.1 Å². The molecule has 5 heteroatoms. The van der Waals surface area contributed by atoms with Crippen molar-refractivity contribution in [2.24, 2.45) is 11.1 Å². The summed E-state index contributed by atoms with van der Waals surface area (Å²) in [7, 11) is -1.45. The molecule has 0 atom stereocenters. The molecule has 0 spiro atoms. The molecular formula is C15H26FN3S. The highest BCUT2D eigenvalue weighted by Crippen LogP contribution is 2.43. The molecule has 0 heterocycles. The van der Waals surface area contributed by atoms with Gasteiger partial charge in [-0.15, -0.1) is 0 Å². The number of hydrogen-bond donors (Lipinski definition) is 3. The quantitative estimate of drug-likeness (QED) is 0.743. The Labute approximate surface area is 122 Å². The summed E-state index contributed by atoms with van der Waals surface area (Å²) in [6.07, 6.45) is 10.2. The number of nitrogen functional groups attached to an aromatic ring is 1. The van der Waals surface area contributed by atoms with Gasteiger partial charge in [0.25, 0.3) is 0 Å². The molecule has 20 heavy (non-hydrogen) atoms. The van der Waals surface area contributed by atoms with E-state index in [0.717, 1.165) is 11.4 Å². The van der Waals surface area contributed by atoms with Gasteiger partial charge in [-0.3, -0.25) is 5.14 Å². The summed E-state index contributed by atoms with van der Waals surface area (Å²) in [6, 6.07) is 3.33. The second-order valence-electron chi connectivity index (χ2n) is 6.16. The fourth-order valence-electron chi connectivity index (χ4n) is 2.73. The molecule has 1 aromatic rings. The molecule has 0 unspecified atom stereocenters. The first-order chi connectivity index (χ1) is 9.38. The van der Waals surface area contributed by atoms with Gasteiger partial charge in [0, 0.05) is 11.4 Å². The summed E-state index contributed by atoms with van der Waals surface area (Å²) in [5, 5.41) is 9.27. The topological polar surface area (TPSA) is 64.1 Å². The van der Waals surface area contributed by atoms with Gasteiger partial charge < -0.3 is 11.1 Å². The van der Waals surface area contributed by atoms with Gasteiger partial charge in [0.1, 0.15) is 5.82 Å². The Balaban J connectivity index is 2.08. The smallest absolute Gasteiger partial charge is 0.149 e. The van der Waals surface area contributed by atoms with Crippen molar-refractivity contribution < 1.29 is 4.39 Å². The predicted octanol–water partition coefficient (Wildman–Crippen LogP) is 3.70. The van der Waals surface area contributed by atoms with Gasteiger partial charge >= 0.3 is 0 Å². The number of nitrogens with two attached hydrogens (primary N) is 2. The first-order valence-corrected chi connectivity index (χ1v) is 9.73. The number of anilines is 2. The molecule has 0 radical (unpaired) electrons. The van der Waals surface area contributed by atoms with Crippen molar-refractivity contribution in [3.8, 4) is 0 Å². The van der Waals surface area contributed by atoms with Gasteiger partial charge in [0.15, 0.2) is 0 Å². The van der Waals surface area contributed by atoms with Crippen molar-refractivity contribution in [2.75, 3.05) is 30.1 Å². The van der Waals surface area contributed by atoms with Gasteiger partial charge in [0.2, 0.25) is 0 Å². The Hall–Kier alpha value is -0.940. The third-order valence-electron chi connectivity index (χ3n) is 3.99. The van der Waals surface area contributed by atoms with E-state index in [2.05, 4.69) is 5.32 Å². The lowest BCUT2D eigenvalue weighted by molar-refractivity contribution is 0.373. The maximum atomic E-state index is 14.2. The zero-order valence-corrected chi connectivity index (χ0v) is 13.2. The maximum Gasteiger partial charge on any atom is 0.149 e. The summed E-state index contributed by atoms with van der Waals surface area (Å²) in [5.41, 5.74) is 6.88. The van der Waals surface area contributed by atoms with Crippen LogP contribution in [0.3, 0.4) is 0 Å². The average Bonchev–Trinajstić information content (AvgIpc) is 2.37. The van der Waals surface area contributed by atoms with Crippen molar-refractivity contribution in [1.29, 1.82) is 0 Å². The van der Waals surface area contributed by atoms with Gasteiger partial charge in [-0.2, -0.15) is 10.2 Å². The second kappa shape index (κ2) is 6.22. The molecule has 0 bridgehead atoms. The minimum Gasteiger partial charge on any atom is -0.397 e. The molecule has 5 N–H and O–H groups in total. The monoisotopic (exact) mass is 299 g/mol. The third-order valence-corrected chi connectivity index (χ3v) is 5.44. The van der Waals surface area contributed by atoms with E-state index in [1.54, 1.807) is 0 Å². The lowest BCUT2D eigenvalue weighted by atomic mass is 9.89. The van der Waals surface area contributed by atoms with Gasteiger partial charge in [-0.25, -0.2) is 4.39 Å². The van der Waals surface area contributed by atoms with E-state index in [4.69, 9.17) is 10.9 Å². The largest absolute Gasteiger partial charge is 0.397 e. The SMILES string of the molecule is CS(C)(N)c1cc(N)c(NCC2CCCCC2)c(F)c1. The Kier molecular flexibility index (Phi) is 4.81. The summed E-state index contributed by atoms with van der Waals surface area (Å²) in [4.78, 5) is 0.802. The van der Waals surface area contributed by atoms with Gasteiger partial charge in [0.05, 0.1) is 11.4 Å². The number of hydrogen-bond acceptors (Lipinski definition) is 3. The highest BCUT2D eigenvalue weighted by Gasteiger charge is 2.17. The van der Waals surface area contributed by atoms with E-state index in [0.29, 0.717) is 17.3 Å². The molecule has 1 saturated carbocycles. The van der Waals surface area contributed by atoms with Crippen LogP contribution in [-0.4, -0.2) is 19.1 Å². The zero-order valence-electron chi connectivity index (χ0n) is 12.4. The normalized spacial score (nSPS) is 18.0. The lowest BCUT2D eigenvalue weighted by Gasteiger charge is -2.27. The maximum absolute atomic E-state index is 14.2. The van der Waals surface area contributed by atoms with Crippen molar-refractivity contribution >= 4 is 21.6 Å². The highest BCUT2D eigenvalue weighted by atomic mass is 32.3. The van der Waals surface area contributed by atoms with Crippen molar-refractivity contribution in [1.82, 2.24) is 0 Å². The standard InChI is InChI=1S/C15H26FN3S/c1-20(2,18)12-8-13(16)15(14(17)9-12)19-10-11-6-4-3-5-7-11/h8-9,11,19H,3-7,10,17-18H2,1-2H3. The minimum absolute atomic E-state index is 0.290.